The zero-order chi connectivity index (χ0) is 13.5. The number of rotatable bonds is 6. The summed E-state index contributed by atoms with van der Waals surface area (Å²) in [5.41, 5.74) is 2.94. The highest BCUT2D eigenvalue weighted by molar-refractivity contribution is 5.31. The molecule has 0 amide bonds. The predicted octanol–water partition coefficient (Wildman–Crippen LogP) is 4.24. The molecule has 1 atom stereocenters. The molecule has 0 aliphatic heterocycles. The lowest BCUT2D eigenvalue weighted by molar-refractivity contribution is 0.412. The van der Waals surface area contributed by atoms with Gasteiger partial charge in [-0.15, -0.1) is 0 Å². The van der Waals surface area contributed by atoms with Gasteiger partial charge in [0.15, 0.2) is 0 Å². The molecule has 2 heteroatoms. The summed E-state index contributed by atoms with van der Waals surface area (Å²) in [7, 11) is 1.73. The number of hydrogen-bond donors (Lipinski definition) is 1. The van der Waals surface area contributed by atoms with Gasteiger partial charge in [-0.1, -0.05) is 30.7 Å². The smallest absolute Gasteiger partial charge is 0.119 e. The SMILES string of the molecule is CCNC(CC1=CCCCC1)c1cccc(OC)c1. The summed E-state index contributed by atoms with van der Waals surface area (Å²) in [6.07, 6.45) is 8.80. The molecule has 1 aliphatic rings. The number of methoxy groups -OCH3 is 1. The topological polar surface area (TPSA) is 21.3 Å². The summed E-state index contributed by atoms with van der Waals surface area (Å²) in [5.74, 6) is 0.943. The lowest BCUT2D eigenvalue weighted by Gasteiger charge is -2.22. The van der Waals surface area contributed by atoms with Crippen molar-refractivity contribution in [3.63, 3.8) is 0 Å². The van der Waals surface area contributed by atoms with E-state index in [0.29, 0.717) is 6.04 Å². The van der Waals surface area contributed by atoms with Crippen molar-refractivity contribution in [1.29, 1.82) is 0 Å². The Kier molecular flexibility index (Phi) is 5.46. The summed E-state index contributed by atoms with van der Waals surface area (Å²) in [4.78, 5) is 0. The predicted molar refractivity (Wildman–Crippen MR) is 80.6 cm³/mol. The minimum absolute atomic E-state index is 0.407. The molecule has 1 aliphatic carbocycles. The van der Waals surface area contributed by atoms with Crippen LogP contribution < -0.4 is 10.1 Å². The average Bonchev–Trinajstić information content (AvgIpc) is 2.48. The van der Waals surface area contributed by atoms with E-state index in [1.165, 1.54) is 31.2 Å². The van der Waals surface area contributed by atoms with Gasteiger partial charge in [0, 0.05) is 6.04 Å². The zero-order valence-electron chi connectivity index (χ0n) is 12.1. The second-order valence-electron chi connectivity index (χ2n) is 5.20. The van der Waals surface area contributed by atoms with Crippen molar-refractivity contribution >= 4 is 0 Å². The van der Waals surface area contributed by atoms with Crippen LogP contribution in [0.4, 0.5) is 0 Å². The van der Waals surface area contributed by atoms with Crippen LogP contribution in [0.2, 0.25) is 0 Å². The summed E-state index contributed by atoms with van der Waals surface area (Å²) >= 11 is 0. The molecule has 1 N–H and O–H groups in total. The van der Waals surface area contributed by atoms with Crippen LogP contribution in [-0.4, -0.2) is 13.7 Å². The van der Waals surface area contributed by atoms with E-state index in [-0.39, 0.29) is 0 Å². The summed E-state index contributed by atoms with van der Waals surface area (Å²) in [5, 5.41) is 3.60. The van der Waals surface area contributed by atoms with E-state index >= 15 is 0 Å². The fourth-order valence-corrected chi connectivity index (χ4v) is 2.76. The summed E-state index contributed by atoms with van der Waals surface area (Å²) < 4.78 is 5.33. The van der Waals surface area contributed by atoms with E-state index in [9.17, 15) is 0 Å². The summed E-state index contributed by atoms with van der Waals surface area (Å²) in [6, 6.07) is 8.83. The molecule has 0 saturated carbocycles. The molecule has 1 aromatic carbocycles. The molecule has 0 fully saturated rings. The van der Waals surface area contributed by atoms with Crippen molar-refractivity contribution < 1.29 is 4.74 Å². The van der Waals surface area contributed by atoms with Crippen molar-refractivity contribution in [1.82, 2.24) is 5.32 Å². The highest BCUT2D eigenvalue weighted by Gasteiger charge is 2.14. The van der Waals surface area contributed by atoms with Gasteiger partial charge >= 0.3 is 0 Å². The van der Waals surface area contributed by atoms with Gasteiger partial charge in [-0.3, -0.25) is 0 Å². The molecule has 1 aromatic rings. The number of nitrogens with one attached hydrogen (secondary N) is 1. The van der Waals surface area contributed by atoms with Crippen molar-refractivity contribution in [2.45, 2.75) is 45.1 Å². The molecular formula is C17H25NO. The van der Waals surface area contributed by atoms with Crippen LogP contribution in [0.5, 0.6) is 5.75 Å². The van der Waals surface area contributed by atoms with Gasteiger partial charge in [-0.2, -0.15) is 0 Å². The highest BCUT2D eigenvalue weighted by Crippen LogP contribution is 2.29. The number of benzene rings is 1. The quantitative estimate of drug-likeness (QED) is 0.772. The largest absolute Gasteiger partial charge is 0.497 e. The van der Waals surface area contributed by atoms with E-state index in [0.717, 1.165) is 18.7 Å². The monoisotopic (exact) mass is 259 g/mol. The molecule has 0 bridgehead atoms. The Labute approximate surface area is 116 Å². The van der Waals surface area contributed by atoms with Crippen LogP contribution >= 0.6 is 0 Å². The van der Waals surface area contributed by atoms with Crippen LogP contribution in [0, 0.1) is 0 Å². The standard InChI is InChI=1S/C17H25NO/c1-3-18-17(12-14-8-5-4-6-9-14)15-10-7-11-16(13-15)19-2/h7-8,10-11,13,17-18H,3-6,9,12H2,1-2H3. The van der Waals surface area contributed by atoms with Gasteiger partial charge < -0.3 is 10.1 Å². The Morgan fingerprint density at radius 3 is 2.89 bits per heavy atom. The average molecular weight is 259 g/mol. The lowest BCUT2D eigenvalue weighted by atomic mass is 9.91. The van der Waals surface area contributed by atoms with Crippen LogP contribution in [0.15, 0.2) is 35.9 Å². The van der Waals surface area contributed by atoms with Crippen LogP contribution in [0.1, 0.15) is 50.6 Å². The Morgan fingerprint density at radius 1 is 1.32 bits per heavy atom. The molecule has 0 heterocycles. The van der Waals surface area contributed by atoms with Crippen molar-refractivity contribution in [3.8, 4) is 5.75 Å². The highest BCUT2D eigenvalue weighted by atomic mass is 16.5. The van der Waals surface area contributed by atoms with E-state index < -0.39 is 0 Å². The van der Waals surface area contributed by atoms with Crippen LogP contribution in [-0.2, 0) is 0 Å². The maximum absolute atomic E-state index is 5.33. The maximum Gasteiger partial charge on any atom is 0.119 e. The molecule has 104 valence electrons. The molecular weight excluding hydrogens is 234 g/mol. The lowest BCUT2D eigenvalue weighted by Crippen LogP contribution is -2.21. The molecule has 0 spiro atoms. The van der Waals surface area contributed by atoms with Gasteiger partial charge in [0.05, 0.1) is 7.11 Å². The fraction of sp³-hybridized carbons (Fsp3) is 0.529. The molecule has 1 unspecified atom stereocenters. The second-order valence-corrected chi connectivity index (χ2v) is 5.20. The van der Waals surface area contributed by atoms with E-state index in [2.05, 4.69) is 36.5 Å². The third-order valence-corrected chi connectivity index (χ3v) is 3.80. The van der Waals surface area contributed by atoms with E-state index in [1.54, 1.807) is 12.7 Å². The molecule has 2 rings (SSSR count). The Balaban J connectivity index is 2.11. The van der Waals surface area contributed by atoms with Gasteiger partial charge in [0.1, 0.15) is 5.75 Å². The van der Waals surface area contributed by atoms with E-state index in [1.807, 2.05) is 6.07 Å². The van der Waals surface area contributed by atoms with Gasteiger partial charge in [0.2, 0.25) is 0 Å². The first kappa shape index (κ1) is 14.1. The minimum Gasteiger partial charge on any atom is -0.497 e. The third-order valence-electron chi connectivity index (χ3n) is 3.80. The third kappa shape index (κ3) is 4.10. The zero-order valence-corrected chi connectivity index (χ0v) is 12.1. The Bertz CT molecular complexity index is 425. The fourth-order valence-electron chi connectivity index (χ4n) is 2.76. The van der Waals surface area contributed by atoms with Gasteiger partial charge in [-0.25, -0.2) is 0 Å². The first-order valence-corrected chi connectivity index (χ1v) is 7.38. The Morgan fingerprint density at radius 2 is 2.21 bits per heavy atom. The van der Waals surface area contributed by atoms with Crippen LogP contribution in [0.25, 0.3) is 0 Å². The van der Waals surface area contributed by atoms with Crippen molar-refractivity contribution in [3.05, 3.63) is 41.5 Å². The van der Waals surface area contributed by atoms with Crippen molar-refractivity contribution in [2.24, 2.45) is 0 Å². The number of hydrogen-bond acceptors (Lipinski definition) is 2. The number of allylic oxidation sites excluding steroid dienone is 1. The molecule has 19 heavy (non-hydrogen) atoms. The van der Waals surface area contributed by atoms with Gasteiger partial charge in [-0.05, 0) is 56.3 Å². The van der Waals surface area contributed by atoms with Crippen molar-refractivity contribution in [2.75, 3.05) is 13.7 Å². The first-order valence-electron chi connectivity index (χ1n) is 7.38. The summed E-state index contributed by atoms with van der Waals surface area (Å²) in [6.45, 7) is 3.16. The molecule has 2 nitrogen and oxygen atoms in total. The normalized spacial score (nSPS) is 16.8. The first-order chi connectivity index (χ1) is 9.33. The maximum atomic E-state index is 5.33. The van der Waals surface area contributed by atoms with Gasteiger partial charge in [0.25, 0.3) is 0 Å². The molecule has 0 saturated heterocycles. The molecule has 0 aromatic heterocycles. The Hall–Kier alpha value is -1.28. The van der Waals surface area contributed by atoms with E-state index in [4.69, 9.17) is 4.74 Å². The second kappa shape index (κ2) is 7.34. The number of ether oxygens (including phenoxy) is 1. The minimum atomic E-state index is 0.407. The van der Waals surface area contributed by atoms with Crippen LogP contribution in [0.3, 0.4) is 0 Å². The molecule has 0 radical (unpaired) electrons.